The Bertz CT molecular complexity index is 813. The Morgan fingerprint density at radius 2 is 1.86 bits per heavy atom. The van der Waals surface area contributed by atoms with Crippen molar-refractivity contribution >= 4 is 26.0 Å². The third kappa shape index (κ3) is 4.03. The van der Waals surface area contributed by atoms with Crippen molar-refractivity contribution < 1.29 is 13.0 Å². The fourth-order valence-electron chi connectivity index (χ4n) is 2.07. The molecule has 1 N–H and O–H groups in total. The van der Waals surface area contributed by atoms with Crippen LogP contribution in [0.3, 0.4) is 0 Å². The molecule has 0 aliphatic carbocycles. The highest BCUT2D eigenvalue weighted by Crippen LogP contribution is 2.17. The van der Waals surface area contributed by atoms with Crippen molar-refractivity contribution in [1.29, 1.82) is 0 Å². The SMILES string of the molecule is Cc1cc(CS(=O)(=O)O)c(Br)c(=O)n1Cc1ccccc1. The fraction of sp³-hybridized carbons (Fsp3) is 0.214. The number of rotatable bonds is 4. The van der Waals surface area contributed by atoms with Crippen LogP contribution in [0.4, 0.5) is 0 Å². The standard InChI is InChI=1S/C14H14BrNO4S/c1-10-7-12(9-21(18,19)20)13(15)14(17)16(10)8-11-5-3-2-4-6-11/h2-7H,8-9H2,1H3,(H,18,19,20). The van der Waals surface area contributed by atoms with E-state index in [1.165, 1.54) is 0 Å². The van der Waals surface area contributed by atoms with Crippen molar-refractivity contribution in [3.8, 4) is 0 Å². The molecule has 2 rings (SSSR count). The molecule has 21 heavy (non-hydrogen) atoms. The summed E-state index contributed by atoms with van der Waals surface area (Å²) >= 11 is 3.12. The van der Waals surface area contributed by atoms with E-state index in [1.54, 1.807) is 17.6 Å². The van der Waals surface area contributed by atoms with Crippen LogP contribution in [-0.4, -0.2) is 17.5 Å². The average Bonchev–Trinajstić information content (AvgIpc) is 2.40. The molecule has 1 heterocycles. The van der Waals surface area contributed by atoms with E-state index in [0.717, 1.165) is 5.56 Å². The lowest BCUT2D eigenvalue weighted by molar-refractivity contribution is 0.482. The fourth-order valence-corrected chi connectivity index (χ4v) is 3.35. The Morgan fingerprint density at radius 3 is 2.43 bits per heavy atom. The van der Waals surface area contributed by atoms with E-state index < -0.39 is 15.9 Å². The molecule has 0 fully saturated rings. The smallest absolute Gasteiger partial charge is 0.269 e. The molecule has 112 valence electrons. The monoisotopic (exact) mass is 371 g/mol. The maximum atomic E-state index is 12.3. The first kappa shape index (κ1) is 15.9. The van der Waals surface area contributed by atoms with Gasteiger partial charge in [0, 0.05) is 5.69 Å². The zero-order chi connectivity index (χ0) is 15.6. The molecule has 2 aromatic rings. The van der Waals surface area contributed by atoms with Crippen molar-refractivity contribution in [2.24, 2.45) is 0 Å². The number of benzene rings is 1. The van der Waals surface area contributed by atoms with Crippen LogP contribution in [0.2, 0.25) is 0 Å². The van der Waals surface area contributed by atoms with Gasteiger partial charge in [-0.2, -0.15) is 8.42 Å². The minimum absolute atomic E-state index is 0.154. The summed E-state index contributed by atoms with van der Waals surface area (Å²) in [4.78, 5) is 12.3. The van der Waals surface area contributed by atoms with Gasteiger partial charge in [-0.15, -0.1) is 0 Å². The van der Waals surface area contributed by atoms with E-state index in [4.69, 9.17) is 4.55 Å². The summed E-state index contributed by atoms with van der Waals surface area (Å²) in [6.45, 7) is 2.13. The summed E-state index contributed by atoms with van der Waals surface area (Å²) in [5, 5.41) is 0. The van der Waals surface area contributed by atoms with Crippen molar-refractivity contribution in [2.75, 3.05) is 0 Å². The van der Waals surface area contributed by atoms with Crippen molar-refractivity contribution in [3.05, 3.63) is 68.0 Å². The Kier molecular flexibility index (Phi) is 4.65. The predicted molar refractivity (Wildman–Crippen MR) is 83.9 cm³/mol. The van der Waals surface area contributed by atoms with Crippen LogP contribution in [0.1, 0.15) is 16.8 Å². The van der Waals surface area contributed by atoms with Crippen LogP contribution < -0.4 is 5.56 Å². The van der Waals surface area contributed by atoms with Crippen LogP contribution in [0.5, 0.6) is 0 Å². The Hall–Kier alpha value is -1.44. The maximum Gasteiger partial charge on any atom is 0.269 e. The lowest BCUT2D eigenvalue weighted by Gasteiger charge is -2.13. The van der Waals surface area contributed by atoms with E-state index in [9.17, 15) is 13.2 Å². The lowest BCUT2D eigenvalue weighted by Crippen LogP contribution is -2.25. The second-order valence-corrected chi connectivity index (χ2v) is 6.97. The maximum absolute atomic E-state index is 12.3. The zero-order valence-corrected chi connectivity index (χ0v) is 13.7. The van der Waals surface area contributed by atoms with Crippen LogP contribution in [0.25, 0.3) is 0 Å². The van der Waals surface area contributed by atoms with Gasteiger partial charge in [-0.25, -0.2) is 0 Å². The molecule has 0 saturated carbocycles. The van der Waals surface area contributed by atoms with Gasteiger partial charge in [0.25, 0.3) is 15.7 Å². The molecular weight excluding hydrogens is 358 g/mol. The van der Waals surface area contributed by atoms with E-state index in [0.29, 0.717) is 12.2 Å². The van der Waals surface area contributed by atoms with Gasteiger partial charge in [0.15, 0.2) is 0 Å². The quantitative estimate of drug-likeness (QED) is 0.836. The number of hydrogen-bond donors (Lipinski definition) is 1. The first-order valence-electron chi connectivity index (χ1n) is 6.16. The lowest BCUT2D eigenvalue weighted by atomic mass is 10.2. The summed E-state index contributed by atoms with van der Waals surface area (Å²) in [7, 11) is -4.18. The minimum atomic E-state index is -4.18. The molecule has 0 atom stereocenters. The number of nitrogens with zero attached hydrogens (tertiary/aromatic N) is 1. The van der Waals surface area contributed by atoms with Gasteiger partial charge in [-0.1, -0.05) is 30.3 Å². The van der Waals surface area contributed by atoms with Gasteiger partial charge in [-0.3, -0.25) is 9.35 Å². The van der Waals surface area contributed by atoms with Gasteiger partial charge in [-0.05, 0) is 40.0 Å². The highest BCUT2D eigenvalue weighted by Gasteiger charge is 2.15. The van der Waals surface area contributed by atoms with E-state index in [1.807, 2.05) is 30.3 Å². The third-order valence-corrected chi connectivity index (χ3v) is 4.57. The number of hydrogen-bond acceptors (Lipinski definition) is 3. The molecular formula is C14H14BrNO4S. The Labute approximate surface area is 131 Å². The van der Waals surface area contributed by atoms with Gasteiger partial charge in [0.05, 0.1) is 11.0 Å². The van der Waals surface area contributed by atoms with Crippen molar-refractivity contribution in [2.45, 2.75) is 19.2 Å². The summed E-state index contributed by atoms with van der Waals surface area (Å²) in [6.07, 6.45) is 0. The zero-order valence-electron chi connectivity index (χ0n) is 11.3. The molecule has 7 heteroatoms. The summed E-state index contributed by atoms with van der Waals surface area (Å²) in [5.41, 5.74) is 1.53. The van der Waals surface area contributed by atoms with Crippen molar-refractivity contribution in [3.63, 3.8) is 0 Å². The molecule has 0 radical (unpaired) electrons. The van der Waals surface area contributed by atoms with Crippen LogP contribution >= 0.6 is 15.9 Å². The number of pyridine rings is 1. The summed E-state index contributed by atoms with van der Waals surface area (Å²) < 4.78 is 32.6. The normalized spacial score (nSPS) is 11.6. The highest BCUT2D eigenvalue weighted by atomic mass is 79.9. The molecule has 0 aliphatic heterocycles. The number of halogens is 1. The molecule has 0 bridgehead atoms. The minimum Gasteiger partial charge on any atom is -0.308 e. The van der Waals surface area contributed by atoms with Gasteiger partial charge in [0.1, 0.15) is 5.75 Å². The van der Waals surface area contributed by atoms with E-state index >= 15 is 0 Å². The van der Waals surface area contributed by atoms with Crippen LogP contribution in [0, 0.1) is 6.92 Å². The Morgan fingerprint density at radius 1 is 1.24 bits per heavy atom. The molecule has 1 aromatic carbocycles. The van der Waals surface area contributed by atoms with Crippen LogP contribution in [0.15, 0.2) is 45.7 Å². The number of aromatic nitrogens is 1. The number of aryl methyl sites for hydroxylation is 1. The van der Waals surface area contributed by atoms with Crippen molar-refractivity contribution in [1.82, 2.24) is 4.57 Å². The summed E-state index contributed by atoms with van der Waals surface area (Å²) in [5.74, 6) is -0.587. The average molecular weight is 372 g/mol. The molecule has 0 saturated heterocycles. The molecule has 0 spiro atoms. The molecule has 1 aromatic heterocycles. The second kappa shape index (κ2) is 6.13. The first-order valence-corrected chi connectivity index (χ1v) is 8.56. The summed E-state index contributed by atoms with van der Waals surface area (Å²) in [6, 6.07) is 11.1. The molecule has 0 aliphatic rings. The van der Waals surface area contributed by atoms with Gasteiger partial charge in [0.2, 0.25) is 0 Å². The molecule has 0 unspecified atom stereocenters. The molecule has 5 nitrogen and oxygen atoms in total. The van der Waals surface area contributed by atoms with E-state index in [2.05, 4.69) is 15.9 Å². The highest BCUT2D eigenvalue weighted by molar-refractivity contribution is 9.10. The van der Waals surface area contributed by atoms with E-state index in [-0.39, 0.29) is 15.6 Å². The van der Waals surface area contributed by atoms with Gasteiger partial charge >= 0.3 is 0 Å². The topological polar surface area (TPSA) is 76.4 Å². The van der Waals surface area contributed by atoms with Crippen LogP contribution in [-0.2, 0) is 22.4 Å². The molecule has 0 amide bonds. The largest absolute Gasteiger partial charge is 0.308 e. The second-order valence-electron chi connectivity index (χ2n) is 4.73. The first-order chi connectivity index (χ1) is 9.78. The van der Waals surface area contributed by atoms with Gasteiger partial charge < -0.3 is 4.57 Å². The third-order valence-electron chi connectivity index (χ3n) is 3.05. The predicted octanol–water partition coefficient (Wildman–Crippen LogP) is 2.36. The Balaban J connectivity index is 2.46.